The number of ether oxygens (including phenoxy) is 2. The van der Waals surface area contributed by atoms with Gasteiger partial charge in [0.2, 0.25) is 17.0 Å². The van der Waals surface area contributed by atoms with E-state index in [1.54, 1.807) is 41.4 Å². The van der Waals surface area contributed by atoms with Crippen LogP contribution in [0.5, 0.6) is 11.5 Å². The zero-order valence-corrected chi connectivity index (χ0v) is 17.7. The number of carbonyl (C=O) groups excluding carboxylic acids is 1. The van der Waals surface area contributed by atoms with Gasteiger partial charge in [-0.25, -0.2) is 0 Å². The van der Waals surface area contributed by atoms with E-state index in [-0.39, 0.29) is 11.7 Å². The molecule has 0 atom stereocenters. The summed E-state index contributed by atoms with van der Waals surface area (Å²) in [5, 5.41) is 9.98. The molecule has 1 amide bonds. The third kappa shape index (κ3) is 6.69. The number of hydrogen-bond donors (Lipinski definition) is 1. The Kier molecular flexibility index (Phi) is 7.37. The number of amides is 1. The van der Waals surface area contributed by atoms with Crippen molar-refractivity contribution in [3.05, 3.63) is 53.6 Å². The maximum atomic E-state index is 12.2. The second-order valence-electron chi connectivity index (χ2n) is 6.05. The number of aliphatic imine (C=N–C) groups is 1. The summed E-state index contributed by atoms with van der Waals surface area (Å²) >= 11 is 7.13. The summed E-state index contributed by atoms with van der Waals surface area (Å²) in [6.45, 7) is 2.96. The molecule has 0 unspecified atom stereocenters. The first-order valence-corrected chi connectivity index (χ1v) is 10.3. The molecule has 2 aromatic rings. The van der Waals surface area contributed by atoms with Crippen LogP contribution in [-0.4, -0.2) is 47.9 Å². The van der Waals surface area contributed by atoms with Crippen molar-refractivity contribution in [2.75, 3.05) is 31.3 Å². The molecule has 0 aliphatic carbocycles. The molecule has 0 radical (unpaired) electrons. The minimum absolute atomic E-state index is 0.148. The van der Waals surface area contributed by atoms with Gasteiger partial charge in [-0.15, -0.1) is 5.10 Å². The maximum absolute atomic E-state index is 12.2. The third-order valence-electron chi connectivity index (χ3n) is 3.67. The fraction of sp³-hybridized carbons (Fsp3) is 0.250. The number of rotatable bonds is 6. The lowest BCUT2D eigenvalue weighted by Crippen LogP contribution is -2.31. The van der Waals surface area contributed by atoms with Gasteiger partial charge in [0.25, 0.3) is 0 Å². The number of amidine groups is 1. The number of anilines is 1. The van der Waals surface area contributed by atoms with Crippen LogP contribution in [0.15, 0.2) is 58.6 Å². The Morgan fingerprint density at radius 2 is 1.86 bits per heavy atom. The van der Waals surface area contributed by atoms with Crippen molar-refractivity contribution in [1.82, 2.24) is 5.01 Å². The Balaban J connectivity index is 1.53. The summed E-state index contributed by atoms with van der Waals surface area (Å²) in [5.41, 5.74) is 0.706. The predicted octanol–water partition coefficient (Wildman–Crippen LogP) is 4.10. The highest BCUT2D eigenvalue weighted by Gasteiger charge is 2.16. The van der Waals surface area contributed by atoms with Gasteiger partial charge in [-0.1, -0.05) is 23.4 Å². The van der Waals surface area contributed by atoms with Crippen molar-refractivity contribution < 1.29 is 14.3 Å². The molecule has 0 saturated carbocycles. The standard InChI is InChI=1S/C20H21ClN4O3S/c1-3-27-16-10-6-15(7-11-16)22-18(26)13-29-20-23-19(12-25(2)24-20)28-17-8-4-14(21)5-9-17/h4-11H,3,12-13H2,1-2H3,(H,22,26). The Labute approximate surface area is 178 Å². The predicted molar refractivity (Wildman–Crippen MR) is 118 cm³/mol. The van der Waals surface area contributed by atoms with Crippen molar-refractivity contribution >= 4 is 46.0 Å². The first-order chi connectivity index (χ1) is 14.0. The van der Waals surface area contributed by atoms with Crippen LogP contribution in [0.25, 0.3) is 0 Å². The fourth-order valence-electron chi connectivity index (χ4n) is 2.42. The molecule has 0 spiro atoms. The van der Waals surface area contributed by atoms with Crippen molar-refractivity contribution in [3.8, 4) is 11.5 Å². The van der Waals surface area contributed by atoms with Gasteiger partial charge in [-0.2, -0.15) is 4.99 Å². The quantitative estimate of drug-likeness (QED) is 0.743. The van der Waals surface area contributed by atoms with Crippen LogP contribution in [0, 0.1) is 0 Å². The van der Waals surface area contributed by atoms with Crippen LogP contribution in [0.1, 0.15) is 6.92 Å². The molecule has 1 N–H and O–H groups in total. The minimum atomic E-state index is -0.148. The number of thioether (sulfide) groups is 1. The van der Waals surface area contributed by atoms with Crippen LogP contribution in [0.3, 0.4) is 0 Å². The Bertz CT molecular complexity index is 901. The average Bonchev–Trinajstić information content (AvgIpc) is 2.70. The second kappa shape index (κ2) is 10.2. The maximum Gasteiger partial charge on any atom is 0.234 e. The van der Waals surface area contributed by atoms with E-state index in [1.807, 2.05) is 26.1 Å². The first-order valence-electron chi connectivity index (χ1n) is 8.98. The van der Waals surface area contributed by atoms with E-state index in [1.165, 1.54) is 11.8 Å². The van der Waals surface area contributed by atoms with E-state index < -0.39 is 0 Å². The Morgan fingerprint density at radius 1 is 1.17 bits per heavy atom. The summed E-state index contributed by atoms with van der Waals surface area (Å²) < 4.78 is 11.2. The average molecular weight is 433 g/mol. The van der Waals surface area contributed by atoms with Crippen molar-refractivity contribution in [3.63, 3.8) is 0 Å². The molecule has 3 rings (SSSR count). The van der Waals surface area contributed by atoms with Gasteiger partial charge in [0.05, 0.1) is 12.4 Å². The molecule has 9 heteroatoms. The van der Waals surface area contributed by atoms with Crippen LogP contribution >= 0.6 is 23.4 Å². The number of carbonyl (C=O) groups is 1. The van der Waals surface area contributed by atoms with Gasteiger partial charge in [-0.3, -0.25) is 9.80 Å². The number of hydrazone groups is 1. The molecule has 7 nitrogen and oxygen atoms in total. The molecule has 1 aliphatic rings. The molecule has 2 aromatic carbocycles. The lowest BCUT2D eigenvalue weighted by atomic mass is 10.3. The van der Waals surface area contributed by atoms with E-state index in [0.29, 0.717) is 40.7 Å². The molecular weight excluding hydrogens is 412 g/mol. The highest BCUT2D eigenvalue weighted by Crippen LogP contribution is 2.19. The zero-order valence-electron chi connectivity index (χ0n) is 16.1. The van der Waals surface area contributed by atoms with Crippen LogP contribution in [0.4, 0.5) is 5.69 Å². The largest absolute Gasteiger partial charge is 0.494 e. The fourth-order valence-corrected chi connectivity index (χ4v) is 3.25. The summed E-state index contributed by atoms with van der Waals surface area (Å²) in [6.07, 6.45) is 0. The second-order valence-corrected chi connectivity index (χ2v) is 7.43. The molecule has 1 aliphatic heterocycles. The van der Waals surface area contributed by atoms with Gasteiger partial charge in [0.1, 0.15) is 18.0 Å². The number of likely N-dealkylation sites (N-methyl/N-ethyl adjacent to an activating group) is 1. The molecule has 1 heterocycles. The topological polar surface area (TPSA) is 75.5 Å². The number of nitrogens with zero attached hydrogens (tertiary/aromatic N) is 3. The molecule has 29 heavy (non-hydrogen) atoms. The lowest BCUT2D eigenvalue weighted by Gasteiger charge is -2.20. The van der Waals surface area contributed by atoms with Crippen LogP contribution in [-0.2, 0) is 4.79 Å². The number of nitrogens with one attached hydrogen (secondary N) is 1. The molecule has 0 fully saturated rings. The minimum Gasteiger partial charge on any atom is -0.494 e. The summed E-state index contributed by atoms with van der Waals surface area (Å²) in [7, 11) is 1.82. The first kappa shape index (κ1) is 21.0. The van der Waals surface area contributed by atoms with Gasteiger partial charge in [-0.05, 0) is 55.5 Å². The number of halogens is 1. The number of benzene rings is 2. The van der Waals surface area contributed by atoms with E-state index in [4.69, 9.17) is 21.1 Å². The van der Waals surface area contributed by atoms with Gasteiger partial charge in [0.15, 0.2) is 0 Å². The van der Waals surface area contributed by atoms with E-state index >= 15 is 0 Å². The van der Waals surface area contributed by atoms with E-state index in [2.05, 4.69) is 15.4 Å². The van der Waals surface area contributed by atoms with Gasteiger partial charge >= 0.3 is 0 Å². The summed E-state index contributed by atoms with van der Waals surface area (Å²) in [5.74, 6) is 1.94. The summed E-state index contributed by atoms with van der Waals surface area (Å²) in [4.78, 5) is 16.6. The molecule has 0 aromatic heterocycles. The SMILES string of the molecule is CCOc1ccc(NC(=O)CSC2=NN(C)CC(Oc3ccc(Cl)cc3)=N2)cc1. The molecule has 152 valence electrons. The van der Waals surface area contributed by atoms with Crippen LogP contribution < -0.4 is 14.8 Å². The summed E-state index contributed by atoms with van der Waals surface area (Å²) in [6, 6.07) is 14.3. The zero-order chi connectivity index (χ0) is 20.6. The normalized spacial score (nSPS) is 13.4. The highest BCUT2D eigenvalue weighted by atomic mass is 35.5. The Hall–Kier alpha value is -2.71. The molecular formula is C20H21ClN4O3S. The Morgan fingerprint density at radius 3 is 2.55 bits per heavy atom. The molecule has 0 bridgehead atoms. The van der Waals surface area contributed by atoms with Crippen molar-refractivity contribution in [2.45, 2.75) is 6.92 Å². The van der Waals surface area contributed by atoms with E-state index in [9.17, 15) is 4.79 Å². The lowest BCUT2D eigenvalue weighted by molar-refractivity contribution is -0.113. The highest BCUT2D eigenvalue weighted by molar-refractivity contribution is 8.14. The molecule has 0 saturated heterocycles. The number of hydrogen-bond acceptors (Lipinski definition) is 7. The van der Waals surface area contributed by atoms with Crippen molar-refractivity contribution in [1.29, 1.82) is 0 Å². The monoisotopic (exact) mass is 432 g/mol. The third-order valence-corrected chi connectivity index (χ3v) is 4.76. The van der Waals surface area contributed by atoms with Crippen molar-refractivity contribution in [2.24, 2.45) is 10.1 Å². The van der Waals surface area contributed by atoms with Crippen LogP contribution in [0.2, 0.25) is 5.02 Å². The van der Waals surface area contributed by atoms with E-state index in [0.717, 1.165) is 5.75 Å². The smallest absolute Gasteiger partial charge is 0.234 e. The van der Waals surface area contributed by atoms with Gasteiger partial charge in [0, 0.05) is 17.8 Å². The van der Waals surface area contributed by atoms with Gasteiger partial charge < -0.3 is 14.8 Å².